The van der Waals surface area contributed by atoms with Gasteiger partial charge in [0.25, 0.3) is 0 Å². The maximum Gasteiger partial charge on any atom is 0.0610 e. The molecule has 2 nitrogen and oxygen atoms in total. The molecule has 21 heavy (non-hydrogen) atoms. The molecule has 3 heteroatoms. The van der Waals surface area contributed by atoms with Crippen molar-refractivity contribution in [2.45, 2.75) is 13.0 Å². The zero-order valence-corrected chi connectivity index (χ0v) is 12.9. The third kappa shape index (κ3) is 2.53. The van der Waals surface area contributed by atoms with Crippen LogP contribution in [0.5, 0.6) is 0 Å². The molecular formula is C18H17ClN2. The number of halogens is 1. The number of nitrogens with zero attached hydrogens (tertiary/aromatic N) is 1. The largest absolute Gasteiger partial charge is 0.309 e. The second-order valence-corrected chi connectivity index (χ2v) is 5.53. The Labute approximate surface area is 129 Å². The molecule has 0 saturated carbocycles. The predicted molar refractivity (Wildman–Crippen MR) is 88.8 cm³/mol. The number of hydrogen-bond acceptors (Lipinski definition) is 2. The Morgan fingerprint density at radius 1 is 1.00 bits per heavy atom. The molecule has 106 valence electrons. The highest BCUT2D eigenvalue weighted by atomic mass is 35.5. The third-order valence-corrected chi connectivity index (χ3v) is 4.35. The molecule has 3 rings (SSSR count). The maximum atomic E-state index is 6.51. The van der Waals surface area contributed by atoms with Gasteiger partial charge in [0.15, 0.2) is 0 Å². The lowest BCUT2D eigenvalue weighted by Crippen LogP contribution is -2.19. The molecule has 1 atom stereocenters. The highest BCUT2D eigenvalue weighted by Gasteiger charge is 2.18. The number of pyridine rings is 1. The molecule has 1 heterocycles. The van der Waals surface area contributed by atoms with E-state index in [1.165, 1.54) is 5.39 Å². The van der Waals surface area contributed by atoms with Gasteiger partial charge in [-0.05, 0) is 36.0 Å². The van der Waals surface area contributed by atoms with Gasteiger partial charge in [-0.15, -0.1) is 0 Å². The number of aryl methyl sites for hydroxylation is 1. The molecule has 1 N–H and O–H groups in total. The molecule has 0 amide bonds. The van der Waals surface area contributed by atoms with E-state index in [0.29, 0.717) is 0 Å². The van der Waals surface area contributed by atoms with Crippen LogP contribution in [-0.2, 0) is 0 Å². The van der Waals surface area contributed by atoms with Crippen LogP contribution in [0.2, 0.25) is 5.02 Å². The lowest BCUT2D eigenvalue weighted by atomic mass is 9.95. The van der Waals surface area contributed by atoms with Crippen molar-refractivity contribution in [3.63, 3.8) is 0 Å². The predicted octanol–water partition coefficient (Wildman–Crippen LogP) is 4.51. The number of benzene rings is 2. The molecule has 0 bridgehead atoms. The van der Waals surface area contributed by atoms with Crippen LogP contribution in [0.1, 0.15) is 22.7 Å². The van der Waals surface area contributed by atoms with Gasteiger partial charge in [0, 0.05) is 22.8 Å². The van der Waals surface area contributed by atoms with Crippen LogP contribution in [0.4, 0.5) is 0 Å². The summed E-state index contributed by atoms with van der Waals surface area (Å²) in [6, 6.07) is 14.4. The van der Waals surface area contributed by atoms with Crippen LogP contribution in [-0.4, -0.2) is 12.0 Å². The van der Waals surface area contributed by atoms with E-state index in [4.69, 9.17) is 11.6 Å². The topological polar surface area (TPSA) is 24.9 Å². The summed E-state index contributed by atoms with van der Waals surface area (Å²) in [5.41, 5.74) is 3.31. The second-order valence-electron chi connectivity index (χ2n) is 5.15. The smallest absolute Gasteiger partial charge is 0.0610 e. The van der Waals surface area contributed by atoms with Crippen molar-refractivity contribution < 1.29 is 0 Å². The average Bonchev–Trinajstić information content (AvgIpc) is 2.52. The van der Waals surface area contributed by atoms with E-state index in [1.807, 2.05) is 44.6 Å². The highest BCUT2D eigenvalue weighted by Crippen LogP contribution is 2.33. The molecule has 3 aromatic rings. The average molecular weight is 297 g/mol. The number of rotatable bonds is 3. The molecule has 0 spiro atoms. The first-order valence-corrected chi connectivity index (χ1v) is 7.35. The fraction of sp³-hybridized carbons (Fsp3) is 0.167. The van der Waals surface area contributed by atoms with Crippen molar-refractivity contribution in [3.8, 4) is 0 Å². The Hall–Kier alpha value is -1.90. The van der Waals surface area contributed by atoms with Gasteiger partial charge in [-0.25, -0.2) is 0 Å². The van der Waals surface area contributed by atoms with Crippen LogP contribution < -0.4 is 5.32 Å². The van der Waals surface area contributed by atoms with E-state index in [1.54, 1.807) is 0 Å². The Morgan fingerprint density at radius 3 is 2.62 bits per heavy atom. The first-order chi connectivity index (χ1) is 10.2. The van der Waals surface area contributed by atoms with Crippen LogP contribution in [0.25, 0.3) is 10.8 Å². The third-order valence-electron chi connectivity index (χ3n) is 3.83. The van der Waals surface area contributed by atoms with Crippen LogP contribution in [0.3, 0.4) is 0 Å². The van der Waals surface area contributed by atoms with Gasteiger partial charge in [0.05, 0.1) is 6.04 Å². The SMILES string of the molecule is CNC(c1cccc(C)c1Cl)c1cncc2ccccc12. The minimum Gasteiger partial charge on any atom is -0.309 e. The first kappa shape index (κ1) is 14.1. The van der Waals surface area contributed by atoms with Gasteiger partial charge in [0.1, 0.15) is 0 Å². The monoisotopic (exact) mass is 296 g/mol. The van der Waals surface area contributed by atoms with Crippen molar-refractivity contribution in [2.24, 2.45) is 0 Å². The van der Waals surface area contributed by atoms with E-state index in [0.717, 1.165) is 27.1 Å². The van der Waals surface area contributed by atoms with Crippen LogP contribution >= 0.6 is 11.6 Å². The van der Waals surface area contributed by atoms with Gasteiger partial charge in [-0.1, -0.05) is 54.1 Å². The molecule has 2 aromatic carbocycles. The van der Waals surface area contributed by atoms with E-state index >= 15 is 0 Å². The minimum absolute atomic E-state index is 0.0241. The summed E-state index contributed by atoms with van der Waals surface area (Å²) in [7, 11) is 1.95. The minimum atomic E-state index is 0.0241. The summed E-state index contributed by atoms with van der Waals surface area (Å²) in [4.78, 5) is 4.38. The second kappa shape index (κ2) is 5.84. The van der Waals surface area contributed by atoms with E-state index < -0.39 is 0 Å². The highest BCUT2D eigenvalue weighted by molar-refractivity contribution is 6.32. The number of fused-ring (bicyclic) bond motifs is 1. The Morgan fingerprint density at radius 2 is 1.81 bits per heavy atom. The maximum absolute atomic E-state index is 6.51. The van der Waals surface area contributed by atoms with Crippen LogP contribution in [0, 0.1) is 6.92 Å². The lowest BCUT2D eigenvalue weighted by molar-refractivity contribution is 0.694. The number of aromatic nitrogens is 1. The standard InChI is InChI=1S/C18H17ClN2/c1-12-6-5-9-15(17(12)19)18(20-2)16-11-21-10-13-7-3-4-8-14(13)16/h3-11,18,20H,1-2H3. The zero-order valence-electron chi connectivity index (χ0n) is 12.1. The number of nitrogens with one attached hydrogen (secondary N) is 1. The summed E-state index contributed by atoms with van der Waals surface area (Å²) in [6.07, 6.45) is 3.81. The van der Waals surface area contributed by atoms with Gasteiger partial charge in [0.2, 0.25) is 0 Å². The molecule has 1 aromatic heterocycles. The lowest BCUT2D eigenvalue weighted by Gasteiger charge is -2.20. The van der Waals surface area contributed by atoms with Gasteiger partial charge in [-0.2, -0.15) is 0 Å². The van der Waals surface area contributed by atoms with Crippen molar-refractivity contribution in [2.75, 3.05) is 7.05 Å². The Bertz CT molecular complexity index is 778. The van der Waals surface area contributed by atoms with E-state index in [-0.39, 0.29) is 6.04 Å². The van der Waals surface area contributed by atoms with E-state index in [2.05, 4.69) is 34.6 Å². The molecule has 0 aliphatic carbocycles. The molecule has 1 unspecified atom stereocenters. The normalized spacial score (nSPS) is 12.5. The van der Waals surface area contributed by atoms with E-state index in [9.17, 15) is 0 Å². The molecule has 0 fully saturated rings. The molecule has 0 aliphatic heterocycles. The van der Waals surface area contributed by atoms with Crippen LogP contribution in [0.15, 0.2) is 54.9 Å². The molecular weight excluding hydrogens is 280 g/mol. The van der Waals surface area contributed by atoms with Crippen molar-refractivity contribution in [1.82, 2.24) is 10.3 Å². The zero-order chi connectivity index (χ0) is 14.8. The Balaban J connectivity index is 2.21. The van der Waals surface area contributed by atoms with Crippen molar-refractivity contribution in [3.05, 3.63) is 76.6 Å². The summed E-state index contributed by atoms with van der Waals surface area (Å²) < 4.78 is 0. The molecule has 0 saturated heterocycles. The summed E-state index contributed by atoms with van der Waals surface area (Å²) in [5, 5.41) is 6.52. The van der Waals surface area contributed by atoms with Crippen molar-refractivity contribution in [1.29, 1.82) is 0 Å². The Kier molecular flexibility index (Phi) is 3.91. The fourth-order valence-electron chi connectivity index (χ4n) is 2.74. The quantitative estimate of drug-likeness (QED) is 0.769. The fourth-order valence-corrected chi connectivity index (χ4v) is 2.98. The summed E-state index contributed by atoms with van der Waals surface area (Å²) in [6.45, 7) is 2.03. The summed E-state index contributed by atoms with van der Waals surface area (Å²) >= 11 is 6.51. The summed E-state index contributed by atoms with van der Waals surface area (Å²) in [5.74, 6) is 0. The number of hydrogen-bond donors (Lipinski definition) is 1. The molecule has 0 radical (unpaired) electrons. The van der Waals surface area contributed by atoms with Gasteiger partial charge >= 0.3 is 0 Å². The van der Waals surface area contributed by atoms with Gasteiger partial charge in [-0.3, -0.25) is 4.98 Å². The molecule has 0 aliphatic rings. The first-order valence-electron chi connectivity index (χ1n) is 6.97. The van der Waals surface area contributed by atoms with Crippen molar-refractivity contribution >= 4 is 22.4 Å². The van der Waals surface area contributed by atoms with Gasteiger partial charge < -0.3 is 5.32 Å².